The Kier molecular flexibility index (Phi) is 5.38. The van der Waals surface area contributed by atoms with Crippen LogP contribution >= 0.6 is 0 Å². The van der Waals surface area contributed by atoms with E-state index in [9.17, 15) is 4.79 Å². The Morgan fingerprint density at radius 2 is 2.15 bits per heavy atom. The van der Waals surface area contributed by atoms with E-state index in [1.54, 1.807) is 0 Å². The number of carbonyl (C=O) groups excluding carboxylic acids is 1. The molecular weight excluding hydrogens is 256 g/mol. The molecule has 1 aromatic carbocycles. The second-order valence-electron chi connectivity index (χ2n) is 4.85. The van der Waals surface area contributed by atoms with Crippen LogP contribution in [0.4, 0.5) is 0 Å². The van der Waals surface area contributed by atoms with Crippen molar-refractivity contribution in [3.05, 3.63) is 29.8 Å². The summed E-state index contributed by atoms with van der Waals surface area (Å²) in [4.78, 5) is 11.9. The van der Waals surface area contributed by atoms with Crippen molar-refractivity contribution in [2.24, 2.45) is 5.73 Å². The van der Waals surface area contributed by atoms with Gasteiger partial charge in [-0.15, -0.1) is 0 Å². The first-order valence-corrected chi connectivity index (χ1v) is 7.08. The number of nitrogens with two attached hydrogens (primary N) is 1. The van der Waals surface area contributed by atoms with Crippen molar-refractivity contribution in [1.82, 2.24) is 5.32 Å². The number of benzene rings is 1. The molecule has 5 nitrogen and oxygen atoms in total. The minimum absolute atomic E-state index is 0.0243. The summed E-state index contributed by atoms with van der Waals surface area (Å²) >= 11 is 0. The minimum atomic E-state index is -0.355. The van der Waals surface area contributed by atoms with E-state index >= 15 is 0 Å². The van der Waals surface area contributed by atoms with Crippen LogP contribution < -0.4 is 15.8 Å². The van der Waals surface area contributed by atoms with Crippen molar-refractivity contribution in [2.75, 3.05) is 13.2 Å². The SMILES string of the molecule is CCOc1ccc(CNC(=O)[C@@H]2CC[C@H](CN)O2)cc1. The van der Waals surface area contributed by atoms with Gasteiger partial charge < -0.3 is 20.5 Å². The Bertz CT molecular complexity index is 433. The summed E-state index contributed by atoms with van der Waals surface area (Å²) in [6.45, 7) is 3.57. The standard InChI is InChI=1S/C15H22N2O3/c1-2-19-12-5-3-11(4-6-12)10-17-15(18)14-8-7-13(9-16)20-14/h3-6,13-14H,2,7-10,16H2,1H3,(H,17,18)/t13-,14+/m1/s1. The van der Waals surface area contributed by atoms with Gasteiger partial charge in [-0.3, -0.25) is 4.79 Å². The van der Waals surface area contributed by atoms with Crippen LogP contribution in [0.25, 0.3) is 0 Å². The molecule has 110 valence electrons. The van der Waals surface area contributed by atoms with Crippen LogP contribution in [-0.2, 0) is 16.1 Å². The summed E-state index contributed by atoms with van der Waals surface area (Å²) in [7, 11) is 0. The fourth-order valence-electron chi connectivity index (χ4n) is 2.25. The molecule has 0 saturated carbocycles. The predicted molar refractivity (Wildman–Crippen MR) is 76.4 cm³/mol. The van der Waals surface area contributed by atoms with Gasteiger partial charge in [0.2, 0.25) is 5.91 Å². The van der Waals surface area contributed by atoms with Gasteiger partial charge in [0, 0.05) is 13.1 Å². The van der Waals surface area contributed by atoms with Crippen molar-refractivity contribution < 1.29 is 14.3 Å². The van der Waals surface area contributed by atoms with E-state index in [1.165, 1.54) is 0 Å². The number of ether oxygens (including phenoxy) is 2. The molecule has 0 aromatic heterocycles. The lowest BCUT2D eigenvalue weighted by Gasteiger charge is -2.13. The highest BCUT2D eigenvalue weighted by Gasteiger charge is 2.29. The number of hydrogen-bond acceptors (Lipinski definition) is 4. The zero-order chi connectivity index (χ0) is 14.4. The van der Waals surface area contributed by atoms with E-state index in [-0.39, 0.29) is 18.1 Å². The van der Waals surface area contributed by atoms with Gasteiger partial charge in [-0.25, -0.2) is 0 Å². The van der Waals surface area contributed by atoms with Crippen molar-refractivity contribution in [2.45, 2.75) is 38.5 Å². The highest BCUT2D eigenvalue weighted by molar-refractivity contribution is 5.81. The summed E-state index contributed by atoms with van der Waals surface area (Å²) in [5, 5.41) is 2.89. The highest BCUT2D eigenvalue weighted by Crippen LogP contribution is 2.19. The van der Waals surface area contributed by atoms with Crippen LogP contribution in [0.1, 0.15) is 25.3 Å². The summed E-state index contributed by atoms with van der Waals surface area (Å²) in [6, 6.07) is 7.70. The number of nitrogens with one attached hydrogen (secondary N) is 1. The van der Waals surface area contributed by atoms with Gasteiger partial charge in [0.1, 0.15) is 11.9 Å². The molecule has 0 unspecified atom stereocenters. The quantitative estimate of drug-likeness (QED) is 0.820. The van der Waals surface area contributed by atoms with Gasteiger partial charge >= 0.3 is 0 Å². The second kappa shape index (κ2) is 7.26. The molecule has 1 fully saturated rings. The minimum Gasteiger partial charge on any atom is -0.494 e. The molecule has 3 N–H and O–H groups in total. The molecule has 20 heavy (non-hydrogen) atoms. The van der Waals surface area contributed by atoms with E-state index in [4.69, 9.17) is 15.2 Å². The summed E-state index contributed by atoms with van der Waals surface area (Å²) < 4.78 is 10.9. The first kappa shape index (κ1) is 14.8. The van der Waals surface area contributed by atoms with Crippen LogP contribution in [0, 0.1) is 0 Å². The molecule has 2 rings (SSSR count). The van der Waals surface area contributed by atoms with Crippen LogP contribution in [0.5, 0.6) is 5.75 Å². The number of rotatable bonds is 6. The van der Waals surface area contributed by atoms with Crippen molar-refractivity contribution in [1.29, 1.82) is 0 Å². The maximum atomic E-state index is 11.9. The third kappa shape index (κ3) is 3.95. The fourth-order valence-corrected chi connectivity index (χ4v) is 2.25. The smallest absolute Gasteiger partial charge is 0.249 e. The summed E-state index contributed by atoms with van der Waals surface area (Å²) in [5.41, 5.74) is 6.57. The zero-order valence-electron chi connectivity index (χ0n) is 11.8. The maximum absolute atomic E-state index is 11.9. The number of amides is 1. The topological polar surface area (TPSA) is 73.6 Å². The molecule has 0 bridgehead atoms. The van der Waals surface area contributed by atoms with Gasteiger partial charge in [0.05, 0.1) is 12.7 Å². The molecule has 5 heteroatoms. The predicted octanol–water partition coefficient (Wildman–Crippen LogP) is 1.21. The van der Waals surface area contributed by atoms with Gasteiger partial charge in [-0.1, -0.05) is 12.1 Å². The molecule has 1 amide bonds. The lowest BCUT2D eigenvalue weighted by molar-refractivity contribution is -0.132. The second-order valence-corrected chi connectivity index (χ2v) is 4.85. The third-order valence-corrected chi connectivity index (χ3v) is 3.36. The average molecular weight is 278 g/mol. The van der Waals surface area contributed by atoms with E-state index in [2.05, 4.69) is 5.32 Å². The first-order valence-electron chi connectivity index (χ1n) is 7.08. The normalized spacial score (nSPS) is 21.7. The number of carbonyl (C=O) groups is 1. The van der Waals surface area contributed by atoms with Crippen LogP contribution in [0.15, 0.2) is 24.3 Å². The Hall–Kier alpha value is -1.59. The number of hydrogen-bond donors (Lipinski definition) is 2. The highest BCUT2D eigenvalue weighted by atomic mass is 16.5. The van der Waals surface area contributed by atoms with Crippen LogP contribution in [0.3, 0.4) is 0 Å². The molecule has 0 spiro atoms. The molecule has 0 aliphatic carbocycles. The van der Waals surface area contributed by atoms with E-state index in [0.717, 1.165) is 24.2 Å². The molecule has 1 heterocycles. The summed E-state index contributed by atoms with van der Waals surface area (Å²) in [6.07, 6.45) is 1.27. The molecule has 2 atom stereocenters. The van der Waals surface area contributed by atoms with Crippen LogP contribution in [-0.4, -0.2) is 31.3 Å². The van der Waals surface area contributed by atoms with E-state index < -0.39 is 0 Å². The molecule has 0 radical (unpaired) electrons. The average Bonchev–Trinajstić information content (AvgIpc) is 2.95. The Morgan fingerprint density at radius 1 is 1.40 bits per heavy atom. The van der Waals surface area contributed by atoms with Crippen molar-refractivity contribution in [3.8, 4) is 5.75 Å². The fraction of sp³-hybridized carbons (Fsp3) is 0.533. The van der Waals surface area contributed by atoms with Crippen molar-refractivity contribution in [3.63, 3.8) is 0 Å². The molecule has 1 aliphatic heterocycles. The molecule has 1 aromatic rings. The van der Waals surface area contributed by atoms with Gasteiger partial charge in [0.15, 0.2) is 0 Å². The Labute approximate surface area is 119 Å². The zero-order valence-corrected chi connectivity index (χ0v) is 11.8. The lowest BCUT2D eigenvalue weighted by Crippen LogP contribution is -2.35. The van der Waals surface area contributed by atoms with Crippen molar-refractivity contribution >= 4 is 5.91 Å². The Morgan fingerprint density at radius 3 is 2.75 bits per heavy atom. The maximum Gasteiger partial charge on any atom is 0.249 e. The molecular formula is C15H22N2O3. The monoisotopic (exact) mass is 278 g/mol. The molecule has 1 aliphatic rings. The molecule has 1 saturated heterocycles. The van der Waals surface area contributed by atoms with Gasteiger partial charge in [-0.05, 0) is 37.5 Å². The summed E-state index contributed by atoms with van der Waals surface area (Å²) in [5.74, 6) is 0.780. The Balaban J connectivity index is 1.78. The lowest BCUT2D eigenvalue weighted by atomic mass is 10.1. The van der Waals surface area contributed by atoms with Gasteiger partial charge in [-0.2, -0.15) is 0 Å². The largest absolute Gasteiger partial charge is 0.494 e. The van der Waals surface area contributed by atoms with Gasteiger partial charge in [0.25, 0.3) is 0 Å². The third-order valence-electron chi connectivity index (χ3n) is 3.36. The van der Waals surface area contributed by atoms with Crippen LogP contribution in [0.2, 0.25) is 0 Å². The first-order chi connectivity index (χ1) is 9.72. The van der Waals surface area contributed by atoms with E-state index in [0.29, 0.717) is 19.7 Å². The van der Waals surface area contributed by atoms with E-state index in [1.807, 2.05) is 31.2 Å².